The zero-order valence-corrected chi connectivity index (χ0v) is 7.56. The Hall–Kier alpha value is -0.960. The van der Waals surface area contributed by atoms with Gasteiger partial charge in [-0.2, -0.15) is 0 Å². The van der Waals surface area contributed by atoms with E-state index in [1.54, 1.807) is 6.92 Å². The summed E-state index contributed by atoms with van der Waals surface area (Å²) in [7, 11) is 0. The molecule has 0 fully saturated rings. The van der Waals surface area contributed by atoms with E-state index >= 15 is 0 Å². The Balaban J connectivity index is 2.88. The number of nitrogens with two attached hydrogens (primary N) is 1. The lowest BCUT2D eigenvalue weighted by Crippen LogP contribution is -2.04. The quantitative estimate of drug-likeness (QED) is 0.769. The van der Waals surface area contributed by atoms with Crippen molar-refractivity contribution in [3.05, 3.63) is 35.1 Å². The third-order valence-corrected chi connectivity index (χ3v) is 1.99. The summed E-state index contributed by atoms with van der Waals surface area (Å²) < 4.78 is 26.0. The molecule has 0 heterocycles. The Morgan fingerprint density at radius 2 is 2.15 bits per heavy atom. The maximum absolute atomic E-state index is 13.3. The average molecular weight is 185 g/mol. The van der Waals surface area contributed by atoms with Crippen LogP contribution in [-0.4, -0.2) is 6.54 Å². The fraction of sp³-hybridized carbons (Fsp3) is 0.400. The summed E-state index contributed by atoms with van der Waals surface area (Å²) in [6, 6.07) is 4.08. The summed E-state index contributed by atoms with van der Waals surface area (Å²) in [5.41, 5.74) is 6.41. The molecule has 1 aromatic carbocycles. The largest absolute Gasteiger partial charge is 0.330 e. The highest BCUT2D eigenvalue weighted by Gasteiger charge is 2.11. The third-order valence-electron chi connectivity index (χ3n) is 1.99. The molecule has 3 heteroatoms. The van der Waals surface area contributed by atoms with Gasteiger partial charge in [-0.3, -0.25) is 0 Å². The van der Waals surface area contributed by atoms with Crippen LogP contribution in [0.1, 0.15) is 23.7 Å². The molecule has 1 unspecified atom stereocenters. The molecule has 13 heavy (non-hydrogen) atoms. The van der Waals surface area contributed by atoms with Gasteiger partial charge in [0.2, 0.25) is 0 Å². The molecule has 0 spiro atoms. The predicted octanol–water partition coefficient (Wildman–Crippen LogP) is 2.49. The maximum Gasteiger partial charge on any atom is 0.127 e. The number of alkyl halides is 1. The van der Waals surface area contributed by atoms with Crippen molar-refractivity contribution in [2.24, 2.45) is 5.73 Å². The second-order valence-electron chi connectivity index (χ2n) is 3.05. The van der Waals surface area contributed by atoms with Gasteiger partial charge in [0.1, 0.15) is 12.0 Å². The summed E-state index contributed by atoms with van der Waals surface area (Å²) in [5, 5.41) is 0. The summed E-state index contributed by atoms with van der Waals surface area (Å²) >= 11 is 0. The minimum Gasteiger partial charge on any atom is -0.330 e. The van der Waals surface area contributed by atoms with E-state index < -0.39 is 6.17 Å². The van der Waals surface area contributed by atoms with Crippen LogP contribution in [0.2, 0.25) is 0 Å². The Labute approximate surface area is 76.6 Å². The molecule has 0 saturated carbocycles. The zero-order valence-electron chi connectivity index (χ0n) is 7.56. The maximum atomic E-state index is 13.3. The van der Waals surface area contributed by atoms with E-state index in [-0.39, 0.29) is 12.2 Å². The number of aryl methyl sites for hydroxylation is 1. The Bertz CT molecular complexity index is 286. The van der Waals surface area contributed by atoms with Gasteiger partial charge in [-0.1, -0.05) is 6.07 Å². The van der Waals surface area contributed by atoms with Gasteiger partial charge in [0.05, 0.1) is 0 Å². The van der Waals surface area contributed by atoms with E-state index in [4.69, 9.17) is 5.73 Å². The molecule has 0 aliphatic rings. The van der Waals surface area contributed by atoms with Crippen LogP contribution in [0, 0.1) is 12.7 Å². The second-order valence-corrected chi connectivity index (χ2v) is 3.05. The van der Waals surface area contributed by atoms with Crippen molar-refractivity contribution in [2.75, 3.05) is 6.54 Å². The second kappa shape index (κ2) is 4.33. The van der Waals surface area contributed by atoms with Gasteiger partial charge in [0.25, 0.3) is 0 Å². The van der Waals surface area contributed by atoms with Crippen molar-refractivity contribution < 1.29 is 8.78 Å². The van der Waals surface area contributed by atoms with Crippen LogP contribution >= 0.6 is 0 Å². The first kappa shape index (κ1) is 10.1. The Kier molecular flexibility index (Phi) is 3.37. The van der Waals surface area contributed by atoms with E-state index in [2.05, 4.69) is 0 Å². The lowest BCUT2D eigenvalue weighted by atomic mass is 10.0. The first-order chi connectivity index (χ1) is 6.15. The van der Waals surface area contributed by atoms with Gasteiger partial charge >= 0.3 is 0 Å². The molecule has 0 saturated heterocycles. The number of rotatable bonds is 3. The molecule has 0 aromatic heterocycles. The van der Waals surface area contributed by atoms with Crippen LogP contribution < -0.4 is 5.73 Å². The number of benzene rings is 1. The van der Waals surface area contributed by atoms with E-state index in [1.165, 1.54) is 18.2 Å². The first-order valence-corrected chi connectivity index (χ1v) is 4.25. The molecular weight excluding hydrogens is 172 g/mol. The number of hydrogen-bond acceptors (Lipinski definition) is 1. The molecule has 72 valence electrons. The molecule has 1 atom stereocenters. The summed E-state index contributed by atoms with van der Waals surface area (Å²) in [4.78, 5) is 0. The highest BCUT2D eigenvalue weighted by atomic mass is 19.1. The van der Waals surface area contributed by atoms with E-state index in [0.29, 0.717) is 17.7 Å². The monoisotopic (exact) mass is 185 g/mol. The molecule has 2 N–H and O–H groups in total. The van der Waals surface area contributed by atoms with Crippen molar-refractivity contribution in [3.63, 3.8) is 0 Å². The van der Waals surface area contributed by atoms with E-state index in [1.807, 2.05) is 0 Å². The van der Waals surface area contributed by atoms with Crippen molar-refractivity contribution in [2.45, 2.75) is 19.5 Å². The van der Waals surface area contributed by atoms with Crippen LogP contribution in [0.3, 0.4) is 0 Å². The SMILES string of the molecule is Cc1cc(F)ccc1C(F)CCN. The molecule has 0 aliphatic carbocycles. The first-order valence-electron chi connectivity index (χ1n) is 4.25. The van der Waals surface area contributed by atoms with Gasteiger partial charge in [-0.05, 0) is 43.1 Å². The normalized spacial score (nSPS) is 12.9. The zero-order chi connectivity index (χ0) is 9.84. The van der Waals surface area contributed by atoms with Gasteiger partial charge in [-0.15, -0.1) is 0 Å². The number of hydrogen-bond donors (Lipinski definition) is 1. The van der Waals surface area contributed by atoms with E-state index in [9.17, 15) is 8.78 Å². The Morgan fingerprint density at radius 1 is 1.46 bits per heavy atom. The smallest absolute Gasteiger partial charge is 0.127 e. The van der Waals surface area contributed by atoms with Gasteiger partial charge in [0.15, 0.2) is 0 Å². The molecule has 0 aliphatic heterocycles. The van der Waals surface area contributed by atoms with Crippen molar-refractivity contribution in [1.29, 1.82) is 0 Å². The van der Waals surface area contributed by atoms with Crippen LogP contribution in [-0.2, 0) is 0 Å². The molecule has 0 amide bonds. The van der Waals surface area contributed by atoms with Crippen molar-refractivity contribution in [1.82, 2.24) is 0 Å². The summed E-state index contributed by atoms with van der Waals surface area (Å²) in [6.45, 7) is 2.00. The standard InChI is InChI=1S/C10H13F2N/c1-7-6-8(11)2-3-9(7)10(12)4-5-13/h2-3,6,10H,4-5,13H2,1H3. The van der Waals surface area contributed by atoms with Crippen molar-refractivity contribution in [3.8, 4) is 0 Å². The van der Waals surface area contributed by atoms with Crippen LogP contribution in [0.25, 0.3) is 0 Å². The minimum absolute atomic E-state index is 0.284. The molecule has 1 nitrogen and oxygen atoms in total. The lowest BCUT2D eigenvalue weighted by Gasteiger charge is -2.09. The van der Waals surface area contributed by atoms with Crippen molar-refractivity contribution >= 4 is 0 Å². The van der Waals surface area contributed by atoms with Gasteiger partial charge < -0.3 is 5.73 Å². The molecule has 1 aromatic rings. The molecule has 0 bridgehead atoms. The summed E-state index contributed by atoms with van der Waals surface area (Å²) in [5.74, 6) is -0.332. The average Bonchev–Trinajstić information content (AvgIpc) is 2.04. The van der Waals surface area contributed by atoms with Gasteiger partial charge in [-0.25, -0.2) is 8.78 Å². The van der Waals surface area contributed by atoms with Crippen LogP contribution in [0.5, 0.6) is 0 Å². The molecular formula is C10H13F2N. The van der Waals surface area contributed by atoms with Crippen LogP contribution in [0.4, 0.5) is 8.78 Å². The van der Waals surface area contributed by atoms with Crippen LogP contribution in [0.15, 0.2) is 18.2 Å². The molecule has 0 radical (unpaired) electrons. The highest BCUT2D eigenvalue weighted by Crippen LogP contribution is 2.24. The summed E-state index contributed by atoms with van der Waals surface area (Å²) in [6.07, 6.45) is -0.794. The fourth-order valence-electron chi connectivity index (χ4n) is 1.29. The molecule has 1 rings (SSSR count). The minimum atomic E-state index is -1.08. The fourth-order valence-corrected chi connectivity index (χ4v) is 1.29. The van der Waals surface area contributed by atoms with Gasteiger partial charge in [0, 0.05) is 0 Å². The third kappa shape index (κ3) is 2.49. The lowest BCUT2D eigenvalue weighted by molar-refractivity contribution is 0.326. The highest BCUT2D eigenvalue weighted by molar-refractivity contribution is 5.28. The Morgan fingerprint density at radius 3 is 2.69 bits per heavy atom. The number of halogens is 2. The van der Waals surface area contributed by atoms with E-state index in [0.717, 1.165) is 0 Å². The topological polar surface area (TPSA) is 26.0 Å². The predicted molar refractivity (Wildman–Crippen MR) is 48.7 cm³/mol.